The van der Waals surface area contributed by atoms with Gasteiger partial charge >= 0.3 is 0 Å². The number of amides is 2. The van der Waals surface area contributed by atoms with Crippen LogP contribution in [-0.4, -0.2) is 37.5 Å². The summed E-state index contributed by atoms with van der Waals surface area (Å²) in [6.45, 7) is 1.81. The largest absolute Gasteiger partial charge is 0.493 e. The molecular weight excluding hydrogens is 474 g/mol. The molecule has 0 unspecified atom stereocenters. The normalized spacial score (nSPS) is 10.7. The van der Waals surface area contributed by atoms with Crippen molar-refractivity contribution in [3.63, 3.8) is 0 Å². The van der Waals surface area contributed by atoms with Gasteiger partial charge in [0.15, 0.2) is 18.1 Å². The Labute approximate surface area is 207 Å². The van der Waals surface area contributed by atoms with E-state index in [4.69, 9.17) is 21.1 Å². The number of hydrogen-bond acceptors (Lipinski definition) is 6. The van der Waals surface area contributed by atoms with Crippen molar-refractivity contribution < 1.29 is 19.1 Å². The highest BCUT2D eigenvalue weighted by molar-refractivity contribution is 8.00. The molecule has 176 valence electrons. The van der Waals surface area contributed by atoms with E-state index >= 15 is 0 Å². The van der Waals surface area contributed by atoms with Crippen molar-refractivity contribution in [2.24, 2.45) is 5.10 Å². The van der Waals surface area contributed by atoms with E-state index in [0.717, 1.165) is 10.5 Å². The van der Waals surface area contributed by atoms with Crippen molar-refractivity contribution in [1.29, 1.82) is 0 Å². The van der Waals surface area contributed by atoms with Crippen LogP contribution < -0.4 is 20.2 Å². The fourth-order valence-electron chi connectivity index (χ4n) is 2.75. The summed E-state index contributed by atoms with van der Waals surface area (Å²) in [6, 6.07) is 19.9. The minimum Gasteiger partial charge on any atom is -0.493 e. The van der Waals surface area contributed by atoms with E-state index in [9.17, 15) is 9.59 Å². The molecule has 0 heterocycles. The van der Waals surface area contributed by atoms with Crippen LogP contribution in [0.25, 0.3) is 0 Å². The van der Waals surface area contributed by atoms with Gasteiger partial charge in [-0.2, -0.15) is 5.10 Å². The Bertz CT molecular complexity index is 1150. The average Bonchev–Trinajstić information content (AvgIpc) is 2.84. The predicted octanol–water partition coefficient (Wildman–Crippen LogP) is 4.92. The molecule has 0 aliphatic heterocycles. The van der Waals surface area contributed by atoms with E-state index < -0.39 is 0 Å². The van der Waals surface area contributed by atoms with Gasteiger partial charge in [-0.3, -0.25) is 9.59 Å². The van der Waals surface area contributed by atoms with Gasteiger partial charge < -0.3 is 14.8 Å². The van der Waals surface area contributed by atoms with Crippen molar-refractivity contribution in [1.82, 2.24) is 5.43 Å². The quantitative estimate of drug-likeness (QED) is 0.236. The highest BCUT2D eigenvalue weighted by Gasteiger charge is 2.09. The lowest BCUT2D eigenvalue weighted by molar-refractivity contribution is -0.119. The number of hydrazone groups is 1. The summed E-state index contributed by atoms with van der Waals surface area (Å²) in [4.78, 5) is 25.1. The number of aryl methyl sites for hydroxylation is 1. The Morgan fingerprint density at radius 3 is 2.44 bits per heavy atom. The summed E-state index contributed by atoms with van der Waals surface area (Å²) >= 11 is 7.24. The molecule has 0 radical (unpaired) electrons. The second kappa shape index (κ2) is 12.7. The van der Waals surface area contributed by atoms with Gasteiger partial charge in [-0.05, 0) is 67.1 Å². The maximum absolute atomic E-state index is 12.2. The van der Waals surface area contributed by atoms with E-state index in [-0.39, 0.29) is 24.2 Å². The van der Waals surface area contributed by atoms with Gasteiger partial charge in [-0.1, -0.05) is 29.3 Å². The maximum Gasteiger partial charge on any atom is 0.262 e. The van der Waals surface area contributed by atoms with Crippen molar-refractivity contribution in [3.8, 4) is 11.5 Å². The number of benzene rings is 3. The van der Waals surface area contributed by atoms with Crippen molar-refractivity contribution in [3.05, 3.63) is 82.9 Å². The lowest BCUT2D eigenvalue weighted by Crippen LogP contribution is -2.20. The average molecular weight is 498 g/mol. The molecule has 7 nitrogen and oxygen atoms in total. The molecule has 3 aromatic carbocycles. The molecule has 34 heavy (non-hydrogen) atoms. The van der Waals surface area contributed by atoms with Crippen LogP contribution in [-0.2, 0) is 9.59 Å². The number of nitrogens with zero attached hydrogens (tertiary/aromatic N) is 1. The number of rotatable bonds is 10. The summed E-state index contributed by atoms with van der Waals surface area (Å²) in [7, 11) is 1.51. The zero-order valence-corrected chi connectivity index (χ0v) is 20.3. The van der Waals surface area contributed by atoms with Crippen LogP contribution in [0.3, 0.4) is 0 Å². The highest BCUT2D eigenvalue weighted by atomic mass is 35.5. The molecule has 0 aliphatic rings. The number of methoxy groups -OCH3 is 1. The Balaban J connectivity index is 1.48. The smallest absolute Gasteiger partial charge is 0.262 e. The van der Waals surface area contributed by atoms with Crippen LogP contribution in [0.2, 0.25) is 5.02 Å². The standard InChI is InChI=1S/C25H24ClN3O4S/c1-17-3-8-20(9-4-17)28-24(30)15-33-22-12-5-18(13-23(22)32-2)14-27-29-25(31)16-34-21-10-6-19(26)7-11-21/h3-14H,15-16H2,1-2H3,(H,28,30)(H,29,31)/b27-14-. The number of hydrogen-bond donors (Lipinski definition) is 2. The summed E-state index contributed by atoms with van der Waals surface area (Å²) < 4.78 is 11.0. The van der Waals surface area contributed by atoms with Crippen LogP contribution in [0, 0.1) is 6.92 Å². The molecule has 0 fully saturated rings. The fourth-order valence-corrected chi connectivity index (χ4v) is 3.57. The molecule has 3 rings (SSSR count). The van der Waals surface area contributed by atoms with E-state index in [2.05, 4.69) is 15.8 Å². The molecule has 0 bridgehead atoms. The molecule has 0 atom stereocenters. The van der Waals surface area contributed by atoms with Crippen LogP contribution in [0.1, 0.15) is 11.1 Å². The number of carbonyl (C=O) groups excluding carboxylic acids is 2. The van der Waals surface area contributed by atoms with Crippen LogP contribution >= 0.6 is 23.4 Å². The van der Waals surface area contributed by atoms with E-state index in [1.807, 2.05) is 43.3 Å². The monoisotopic (exact) mass is 497 g/mol. The van der Waals surface area contributed by atoms with Gasteiger partial charge in [0.2, 0.25) is 5.91 Å². The van der Waals surface area contributed by atoms with Crippen molar-refractivity contribution in [2.75, 3.05) is 24.8 Å². The molecule has 0 spiro atoms. The topological polar surface area (TPSA) is 89.0 Å². The van der Waals surface area contributed by atoms with Crippen LogP contribution in [0.15, 0.2) is 76.7 Å². The molecule has 2 amide bonds. The van der Waals surface area contributed by atoms with Gasteiger partial charge in [-0.25, -0.2) is 5.43 Å². The highest BCUT2D eigenvalue weighted by Crippen LogP contribution is 2.27. The molecule has 2 N–H and O–H groups in total. The zero-order valence-electron chi connectivity index (χ0n) is 18.7. The molecule has 0 aromatic heterocycles. The number of halogens is 1. The number of thioether (sulfide) groups is 1. The predicted molar refractivity (Wildman–Crippen MR) is 136 cm³/mol. The lowest BCUT2D eigenvalue weighted by Gasteiger charge is -2.11. The van der Waals surface area contributed by atoms with E-state index in [1.165, 1.54) is 25.1 Å². The first kappa shape index (κ1) is 25.1. The first-order valence-electron chi connectivity index (χ1n) is 10.3. The molecule has 9 heteroatoms. The minimum absolute atomic E-state index is 0.168. The third kappa shape index (κ3) is 8.13. The third-order valence-electron chi connectivity index (χ3n) is 4.47. The van der Waals surface area contributed by atoms with Crippen molar-refractivity contribution >= 4 is 47.1 Å². The van der Waals surface area contributed by atoms with Gasteiger partial charge in [-0.15, -0.1) is 11.8 Å². The minimum atomic E-state index is -0.282. The number of ether oxygens (including phenoxy) is 2. The van der Waals surface area contributed by atoms with Gasteiger partial charge in [0.05, 0.1) is 19.1 Å². The molecular formula is C25H24ClN3O4S. The van der Waals surface area contributed by atoms with Gasteiger partial charge in [0, 0.05) is 15.6 Å². The first-order chi connectivity index (χ1) is 16.4. The Hall–Kier alpha value is -3.49. The Morgan fingerprint density at radius 1 is 1.00 bits per heavy atom. The summed E-state index contributed by atoms with van der Waals surface area (Å²) in [5, 5.41) is 7.41. The molecule has 0 saturated heterocycles. The van der Waals surface area contributed by atoms with Gasteiger partial charge in [0.25, 0.3) is 5.91 Å². The number of carbonyl (C=O) groups is 2. The second-order valence-corrected chi connectivity index (χ2v) is 8.63. The van der Waals surface area contributed by atoms with Crippen LogP contribution in [0.4, 0.5) is 5.69 Å². The SMILES string of the molecule is COc1cc(/C=N\NC(=O)CSc2ccc(Cl)cc2)ccc1OCC(=O)Nc1ccc(C)cc1. The summed E-state index contributed by atoms with van der Waals surface area (Å²) in [5.41, 5.74) is 4.99. The zero-order chi connectivity index (χ0) is 24.3. The Kier molecular flexibility index (Phi) is 9.37. The summed E-state index contributed by atoms with van der Waals surface area (Å²) in [6.07, 6.45) is 1.50. The lowest BCUT2D eigenvalue weighted by atomic mass is 10.2. The molecule has 0 aliphatic carbocycles. The van der Waals surface area contributed by atoms with E-state index in [0.29, 0.717) is 27.8 Å². The fraction of sp³-hybridized carbons (Fsp3) is 0.160. The maximum atomic E-state index is 12.2. The summed E-state index contributed by atoms with van der Waals surface area (Å²) in [5.74, 6) is 0.567. The third-order valence-corrected chi connectivity index (χ3v) is 5.73. The van der Waals surface area contributed by atoms with E-state index in [1.54, 1.807) is 30.3 Å². The molecule has 3 aromatic rings. The molecule has 0 saturated carbocycles. The number of anilines is 1. The van der Waals surface area contributed by atoms with Crippen molar-refractivity contribution in [2.45, 2.75) is 11.8 Å². The first-order valence-corrected chi connectivity index (χ1v) is 11.7. The number of nitrogens with one attached hydrogen (secondary N) is 2. The van der Waals surface area contributed by atoms with Gasteiger partial charge in [0.1, 0.15) is 0 Å². The van der Waals surface area contributed by atoms with Crippen LogP contribution in [0.5, 0.6) is 11.5 Å². The Morgan fingerprint density at radius 2 is 1.74 bits per heavy atom. The second-order valence-electron chi connectivity index (χ2n) is 7.15.